The highest BCUT2D eigenvalue weighted by Gasteiger charge is 2.04. The van der Waals surface area contributed by atoms with E-state index in [1.165, 1.54) is 22.3 Å². The average molecular weight is 466 g/mol. The molecule has 5 heteroatoms. The van der Waals surface area contributed by atoms with Crippen molar-refractivity contribution >= 4 is 29.9 Å². The van der Waals surface area contributed by atoms with E-state index in [9.17, 15) is 0 Å². The Balaban J connectivity index is 0.00000338. The zero-order chi connectivity index (χ0) is 18.1. The van der Waals surface area contributed by atoms with Crippen LogP contribution in [0.1, 0.15) is 34.9 Å². The van der Waals surface area contributed by atoms with Crippen molar-refractivity contribution in [1.29, 1.82) is 0 Å². The molecule has 0 atom stereocenters. The topological polar surface area (TPSA) is 49.3 Å². The quantitative estimate of drug-likeness (QED) is 0.369. The summed E-state index contributed by atoms with van der Waals surface area (Å²) in [5.41, 5.74) is 6.58. The number of nitrogens with one attached hydrogen (secondary N) is 2. The van der Waals surface area contributed by atoms with Crippen LogP contribution in [-0.2, 0) is 12.8 Å². The molecule has 0 fully saturated rings. The number of aromatic nitrogens is 1. The van der Waals surface area contributed by atoms with Crippen molar-refractivity contribution in [2.45, 2.75) is 40.5 Å². The summed E-state index contributed by atoms with van der Waals surface area (Å²) in [4.78, 5) is 8.99. The number of nitrogens with zero attached hydrogens (tertiary/aromatic N) is 2. The van der Waals surface area contributed by atoms with Gasteiger partial charge in [0.05, 0.1) is 0 Å². The number of hydrogen-bond donors (Lipinski definition) is 2. The van der Waals surface area contributed by atoms with Crippen LogP contribution in [0.2, 0.25) is 0 Å². The van der Waals surface area contributed by atoms with E-state index in [0.29, 0.717) is 0 Å². The molecule has 0 aliphatic rings. The molecular weight excluding hydrogens is 435 g/mol. The molecule has 0 saturated carbocycles. The molecule has 4 nitrogen and oxygen atoms in total. The molecule has 1 aromatic carbocycles. The van der Waals surface area contributed by atoms with Gasteiger partial charge < -0.3 is 10.6 Å². The molecule has 142 valence electrons. The summed E-state index contributed by atoms with van der Waals surface area (Å²) >= 11 is 0. The highest BCUT2D eigenvalue weighted by Crippen LogP contribution is 2.16. The van der Waals surface area contributed by atoms with Crippen LogP contribution in [0.25, 0.3) is 0 Å². The van der Waals surface area contributed by atoms with Crippen molar-refractivity contribution < 1.29 is 0 Å². The van der Waals surface area contributed by atoms with E-state index in [2.05, 4.69) is 60.4 Å². The van der Waals surface area contributed by atoms with E-state index >= 15 is 0 Å². The Morgan fingerprint density at radius 2 is 1.77 bits per heavy atom. The van der Waals surface area contributed by atoms with Crippen LogP contribution in [0.15, 0.2) is 41.5 Å². The number of pyridine rings is 1. The van der Waals surface area contributed by atoms with Gasteiger partial charge in [-0.1, -0.05) is 23.8 Å². The number of guanidine groups is 1. The molecule has 2 rings (SSSR count). The van der Waals surface area contributed by atoms with E-state index < -0.39 is 0 Å². The molecule has 0 amide bonds. The van der Waals surface area contributed by atoms with Crippen molar-refractivity contribution in [3.63, 3.8) is 0 Å². The van der Waals surface area contributed by atoms with Gasteiger partial charge in [0.15, 0.2) is 5.96 Å². The minimum atomic E-state index is 0. The van der Waals surface area contributed by atoms with Crippen LogP contribution in [-0.4, -0.2) is 30.6 Å². The SMILES string of the molecule is CCNC(=NCCc1ccccn1)NCCc1c(C)cc(C)cc1C.I. The molecule has 0 aliphatic carbocycles. The first kappa shape index (κ1) is 22.4. The first-order valence-corrected chi connectivity index (χ1v) is 9.09. The lowest BCUT2D eigenvalue weighted by molar-refractivity contribution is 0.790. The fourth-order valence-electron chi connectivity index (χ4n) is 3.08. The maximum atomic E-state index is 4.65. The molecule has 0 saturated heterocycles. The van der Waals surface area contributed by atoms with Gasteiger partial charge in [-0.25, -0.2) is 0 Å². The Hall–Kier alpha value is -1.63. The number of aliphatic imine (C=N–C) groups is 1. The number of hydrogen-bond acceptors (Lipinski definition) is 2. The summed E-state index contributed by atoms with van der Waals surface area (Å²) in [6.45, 7) is 11.1. The largest absolute Gasteiger partial charge is 0.357 e. The first-order chi connectivity index (χ1) is 12.1. The minimum absolute atomic E-state index is 0. The van der Waals surface area contributed by atoms with E-state index in [0.717, 1.165) is 44.1 Å². The predicted molar refractivity (Wildman–Crippen MR) is 122 cm³/mol. The summed E-state index contributed by atoms with van der Waals surface area (Å²) in [5.74, 6) is 0.876. The highest BCUT2D eigenvalue weighted by molar-refractivity contribution is 14.0. The van der Waals surface area contributed by atoms with Crippen molar-refractivity contribution in [2.75, 3.05) is 19.6 Å². The molecule has 1 aromatic heterocycles. The lowest BCUT2D eigenvalue weighted by atomic mass is 9.97. The van der Waals surface area contributed by atoms with Crippen LogP contribution in [0.3, 0.4) is 0 Å². The lowest BCUT2D eigenvalue weighted by Gasteiger charge is -2.14. The number of aryl methyl sites for hydroxylation is 3. The van der Waals surface area contributed by atoms with Gasteiger partial charge in [0, 0.05) is 37.9 Å². The normalized spacial score (nSPS) is 11.0. The third-order valence-electron chi connectivity index (χ3n) is 4.22. The van der Waals surface area contributed by atoms with Crippen molar-refractivity contribution in [3.8, 4) is 0 Å². The van der Waals surface area contributed by atoms with Gasteiger partial charge in [0.25, 0.3) is 0 Å². The molecule has 1 heterocycles. The fraction of sp³-hybridized carbons (Fsp3) is 0.429. The number of halogens is 1. The lowest BCUT2D eigenvalue weighted by Crippen LogP contribution is -2.38. The summed E-state index contributed by atoms with van der Waals surface area (Å²) in [7, 11) is 0. The molecule has 2 aromatic rings. The van der Waals surface area contributed by atoms with Crippen LogP contribution in [0.5, 0.6) is 0 Å². The number of benzene rings is 1. The van der Waals surface area contributed by atoms with Gasteiger partial charge in [0.1, 0.15) is 0 Å². The fourth-order valence-corrected chi connectivity index (χ4v) is 3.08. The van der Waals surface area contributed by atoms with Gasteiger partial charge in [-0.15, -0.1) is 24.0 Å². The van der Waals surface area contributed by atoms with Crippen molar-refractivity contribution in [1.82, 2.24) is 15.6 Å². The van der Waals surface area contributed by atoms with Crippen LogP contribution in [0.4, 0.5) is 0 Å². The zero-order valence-corrected chi connectivity index (χ0v) is 18.6. The molecule has 26 heavy (non-hydrogen) atoms. The minimum Gasteiger partial charge on any atom is -0.357 e. The zero-order valence-electron chi connectivity index (χ0n) is 16.3. The first-order valence-electron chi connectivity index (χ1n) is 9.09. The molecule has 0 spiro atoms. The molecule has 0 aliphatic heterocycles. The van der Waals surface area contributed by atoms with Gasteiger partial charge in [-0.3, -0.25) is 9.98 Å². The second kappa shape index (κ2) is 11.9. The van der Waals surface area contributed by atoms with Crippen LogP contribution >= 0.6 is 24.0 Å². The monoisotopic (exact) mass is 466 g/mol. The maximum absolute atomic E-state index is 4.65. The third-order valence-corrected chi connectivity index (χ3v) is 4.22. The second-order valence-electron chi connectivity index (χ2n) is 6.39. The Morgan fingerprint density at radius 1 is 1.04 bits per heavy atom. The van der Waals surface area contributed by atoms with E-state index in [-0.39, 0.29) is 24.0 Å². The van der Waals surface area contributed by atoms with Crippen LogP contribution in [0, 0.1) is 20.8 Å². The molecule has 2 N–H and O–H groups in total. The van der Waals surface area contributed by atoms with E-state index in [1.54, 1.807) is 0 Å². The van der Waals surface area contributed by atoms with Gasteiger partial charge >= 0.3 is 0 Å². The summed E-state index contributed by atoms with van der Waals surface area (Å²) < 4.78 is 0. The average Bonchev–Trinajstić information content (AvgIpc) is 2.58. The van der Waals surface area contributed by atoms with Gasteiger partial charge in [0.2, 0.25) is 0 Å². The summed E-state index contributed by atoms with van der Waals surface area (Å²) in [5, 5.41) is 6.75. The predicted octanol–water partition coefficient (Wildman–Crippen LogP) is 3.97. The molecule has 0 bridgehead atoms. The molecule has 0 radical (unpaired) electrons. The summed E-state index contributed by atoms with van der Waals surface area (Å²) in [6, 6.07) is 10.5. The highest BCUT2D eigenvalue weighted by atomic mass is 127. The standard InChI is InChI=1S/C21H30N4.HI/c1-5-22-21(24-12-9-19-8-6-7-11-23-19)25-13-10-20-17(3)14-16(2)15-18(20)4;/h6-8,11,14-15H,5,9-10,12-13H2,1-4H3,(H2,22,24,25);1H. The van der Waals surface area contributed by atoms with E-state index in [1.807, 2.05) is 24.4 Å². The van der Waals surface area contributed by atoms with E-state index in [4.69, 9.17) is 0 Å². The number of rotatable bonds is 7. The molecule has 0 unspecified atom stereocenters. The van der Waals surface area contributed by atoms with Gasteiger partial charge in [-0.05, 0) is 62.9 Å². The Kier molecular flexibility index (Phi) is 10.2. The third kappa shape index (κ3) is 7.32. The Morgan fingerprint density at radius 3 is 2.38 bits per heavy atom. The van der Waals surface area contributed by atoms with Crippen molar-refractivity contribution in [2.24, 2.45) is 4.99 Å². The van der Waals surface area contributed by atoms with Crippen molar-refractivity contribution in [3.05, 3.63) is 64.5 Å². The smallest absolute Gasteiger partial charge is 0.191 e. The van der Waals surface area contributed by atoms with Gasteiger partial charge in [-0.2, -0.15) is 0 Å². The summed E-state index contributed by atoms with van der Waals surface area (Å²) in [6.07, 6.45) is 3.69. The second-order valence-corrected chi connectivity index (χ2v) is 6.39. The Bertz CT molecular complexity index is 675. The Labute approximate surface area is 174 Å². The molecular formula is C21H31IN4. The maximum Gasteiger partial charge on any atom is 0.191 e. The van der Waals surface area contributed by atoms with Crippen LogP contribution < -0.4 is 10.6 Å².